The second-order valence-electron chi connectivity index (χ2n) is 5.42. The number of carboxylic acid groups (broad SMARTS) is 1. The summed E-state index contributed by atoms with van der Waals surface area (Å²) in [5.41, 5.74) is 0.277. The van der Waals surface area contributed by atoms with E-state index in [-0.39, 0.29) is 22.9 Å². The molecule has 0 aliphatic carbocycles. The van der Waals surface area contributed by atoms with Gasteiger partial charge in [-0.3, -0.25) is 9.59 Å². The Kier molecular flexibility index (Phi) is 5.22. The fourth-order valence-corrected chi connectivity index (χ4v) is 3.75. The minimum Gasteiger partial charge on any atom is -0.545 e. The molecule has 0 unspecified atom stereocenters. The van der Waals surface area contributed by atoms with Crippen molar-refractivity contribution in [2.24, 2.45) is 0 Å². The molecule has 134 valence electrons. The SMILES string of the molecule is CCOc1ccccc1N1C(=O)C[C@@H](Sc2ncccc2C(=O)[O-])C1=O. The van der Waals surface area contributed by atoms with Crippen LogP contribution in [0, 0.1) is 0 Å². The topological polar surface area (TPSA) is 99.6 Å². The number of ether oxygens (including phenoxy) is 1. The number of carbonyl (C=O) groups excluding carboxylic acids is 3. The van der Waals surface area contributed by atoms with Gasteiger partial charge in [0.05, 0.1) is 23.5 Å². The lowest BCUT2D eigenvalue weighted by atomic mass is 10.2. The van der Waals surface area contributed by atoms with Crippen LogP contribution in [-0.2, 0) is 9.59 Å². The minimum absolute atomic E-state index is 0.0486. The number of imide groups is 1. The Morgan fingerprint density at radius 1 is 1.31 bits per heavy atom. The van der Waals surface area contributed by atoms with Crippen molar-refractivity contribution in [2.45, 2.75) is 23.6 Å². The van der Waals surface area contributed by atoms with Gasteiger partial charge in [-0.05, 0) is 31.2 Å². The zero-order valence-corrected chi connectivity index (χ0v) is 14.7. The lowest BCUT2D eigenvalue weighted by Gasteiger charge is -2.18. The molecular formula is C18H15N2O5S-. The third kappa shape index (κ3) is 3.41. The number of rotatable bonds is 6. The second kappa shape index (κ2) is 7.57. The van der Waals surface area contributed by atoms with E-state index in [1.165, 1.54) is 18.3 Å². The van der Waals surface area contributed by atoms with Crippen molar-refractivity contribution in [3.63, 3.8) is 0 Å². The molecule has 0 spiro atoms. The monoisotopic (exact) mass is 371 g/mol. The number of nitrogens with zero attached hydrogens (tertiary/aromatic N) is 2. The van der Waals surface area contributed by atoms with Crippen LogP contribution in [0.4, 0.5) is 5.69 Å². The summed E-state index contributed by atoms with van der Waals surface area (Å²) >= 11 is 0.951. The number of para-hydroxylation sites is 2. The van der Waals surface area contributed by atoms with Gasteiger partial charge < -0.3 is 14.6 Å². The largest absolute Gasteiger partial charge is 0.545 e. The van der Waals surface area contributed by atoms with Crippen molar-refractivity contribution in [1.29, 1.82) is 0 Å². The average molecular weight is 371 g/mol. The van der Waals surface area contributed by atoms with E-state index in [0.29, 0.717) is 18.0 Å². The Morgan fingerprint density at radius 3 is 2.81 bits per heavy atom. The molecule has 1 aliphatic heterocycles. The summed E-state index contributed by atoms with van der Waals surface area (Å²) in [7, 11) is 0. The molecule has 0 radical (unpaired) electrons. The average Bonchev–Trinajstić information content (AvgIpc) is 2.90. The predicted octanol–water partition coefficient (Wildman–Crippen LogP) is 1.27. The highest BCUT2D eigenvalue weighted by Gasteiger charge is 2.41. The fraction of sp³-hybridized carbons (Fsp3) is 0.222. The van der Waals surface area contributed by atoms with E-state index in [1.807, 2.05) is 6.92 Å². The van der Waals surface area contributed by atoms with E-state index in [4.69, 9.17) is 4.74 Å². The van der Waals surface area contributed by atoms with Gasteiger partial charge >= 0.3 is 0 Å². The Labute approximate surface area is 154 Å². The first-order valence-corrected chi connectivity index (χ1v) is 8.82. The number of thioether (sulfide) groups is 1. The van der Waals surface area contributed by atoms with Gasteiger partial charge in [0, 0.05) is 18.2 Å². The third-order valence-corrected chi connectivity index (χ3v) is 4.96. The van der Waals surface area contributed by atoms with Gasteiger partial charge in [0.15, 0.2) is 0 Å². The maximum Gasteiger partial charge on any atom is 0.247 e. The number of aromatic carboxylic acids is 1. The van der Waals surface area contributed by atoms with E-state index >= 15 is 0 Å². The molecule has 7 nitrogen and oxygen atoms in total. The summed E-state index contributed by atoms with van der Waals surface area (Å²) in [5.74, 6) is -1.74. The van der Waals surface area contributed by atoms with E-state index in [0.717, 1.165) is 16.7 Å². The number of carboxylic acids is 1. The van der Waals surface area contributed by atoms with Crippen LogP contribution in [0.5, 0.6) is 5.75 Å². The van der Waals surface area contributed by atoms with Crippen LogP contribution in [0.1, 0.15) is 23.7 Å². The maximum absolute atomic E-state index is 12.8. The van der Waals surface area contributed by atoms with Crippen LogP contribution in [0.25, 0.3) is 0 Å². The lowest BCUT2D eigenvalue weighted by Crippen LogP contribution is -2.31. The summed E-state index contributed by atoms with van der Waals surface area (Å²) in [4.78, 5) is 41.5. The Balaban J connectivity index is 1.88. The molecule has 26 heavy (non-hydrogen) atoms. The van der Waals surface area contributed by atoms with Gasteiger partial charge in [0.1, 0.15) is 10.8 Å². The zero-order chi connectivity index (χ0) is 18.7. The summed E-state index contributed by atoms with van der Waals surface area (Å²) in [6.07, 6.45) is 1.38. The number of hydrogen-bond donors (Lipinski definition) is 0. The van der Waals surface area contributed by atoms with Crippen molar-refractivity contribution in [1.82, 2.24) is 4.98 Å². The molecule has 1 aromatic heterocycles. The molecule has 0 bridgehead atoms. The van der Waals surface area contributed by atoms with Gasteiger partial charge in [0.2, 0.25) is 11.8 Å². The van der Waals surface area contributed by atoms with Crippen LogP contribution in [0.2, 0.25) is 0 Å². The molecule has 0 N–H and O–H groups in total. The fourth-order valence-electron chi connectivity index (χ4n) is 2.64. The zero-order valence-electron chi connectivity index (χ0n) is 13.9. The lowest BCUT2D eigenvalue weighted by molar-refractivity contribution is -0.255. The Bertz CT molecular complexity index is 870. The molecule has 1 atom stereocenters. The van der Waals surface area contributed by atoms with Crippen molar-refractivity contribution in [3.05, 3.63) is 48.2 Å². The third-order valence-electron chi connectivity index (χ3n) is 3.76. The molecule has 1 aliphatic rings. The predicted molar refractivity (Wildman–Crippen MR) is 92.9 cm³/mol. The molecule has 0 saturated carbocycles. The van der Waals surface area contributed by atoms with Crippen LogP contribution < -0.4 is 14.7 Å². The first-order valence-electron chi connectivity index (χ1n) is 7.94. The number of aromatic nitrogens is 1. The minimum atomic E-state index is -1.38. The first kappa shape index (κ1) is 17.9. The van der Waals surface area contributed by atoms with Gasteiger partial charge in [0.25, 0.3) is 0 Å². The van der Waals surface area contributed by atoms with Crippen molar-refractivity contribution in [3.8, 4) is 5.75 Å². The molecule has 1 saturated heterocycles. The van der Waals surface area contributed by atoms with Gasteiger partial charge in [-0.2, -0.15) is 0 Å². The molecule has 1 fully saturated rings. The van der Waals surface area contributed by atoms with E-state index in [1.54, 1.807) is 24.3 Å². The summed E-state index contributed by atoms with van der Waals surface area (Å²) < 4.78 is 5.50. The highest BCUT2D eigenvalue weighted by molar-refractivity contribution is 8.00. The second-order valence-corrected chi connectivity index (χ2v) is 6.61. The first-order chi connectivity index (χ1) is 12.5. The highest BCUT2D eigenvalue weighted by atomic mass is 32.2. The van der Waals surface area contributed by atoms with Crippen LogP contribution in [-0.4, -0.2) is 34.6 Å². The number of pyridine rings is 1. The van der Waals surface area contributed by atoms with E-state index in [2.05, 4.69) is 4.98 Å². The van der Waals surface area contributed by atoms with Gasteiger partial charge in [-0.25, -0.2) is 9.88 Å². The normalized spacial score (nSPS) is 16.8. The molecule has 8 heteroatoms. The van der Waals surface area contributed by atoms with Gasteiger partial charge in [-0.1, -0.05) is 23.9 Å². The van der Waals surface area contributed by atoms with Crippen molar-refractivity contribution >= 4 is 35.2 Å². The van der Waals surface area contributed by atoms with Crippen LogP contribution in [0.15, 0.2) is 47.6 Å². The van der Waals surface area contributed by atoms with E-state index < -0.39 is 17.1 Å². The highest BCUT2D eigenvalue weighted by Crippen LogP contribution is 2.37. The molecule has 1 aromatic carbocycles. The number of benzene rings is 1. The van der Waals surface area contributed by atoms with Gasteiger partial charge in [-0.15, -0.1) is 0 Å². The standard InChI is InChI=1S/C18H16N2O5S/c1-2-25-13-8-4-3-7-12(13)20-15(21)10-14(17(20)22)26-16-11(18(23)24)6-5-9-19-16/h3-9,14H,2,10H2,1H3,(H,23,24)/p-1/t14-/m1/s1. The van der Waals surface area contributed by atoms with Crippen molar-refractivity contribution < 1.29 is 24.2 Å². The summed E-state index contributed by atoms with van der Waals surface area (Å²) in [6, 6.07) is 9.63. The number of amides is 2. The quantitative estimate of drug-likeness (QED) is 0.705. The van der Waals surface area contributed by atoms with Crippen molar-refractivity contribution in [2.75, 3.05) is 11.5 Å². The maximum atomic E-state index is 12.8. The molecule has 2 amide bonds. The molecular weight excluding hydrogens is 356 g/mol. The smallest absolute Gasteiger partial charge is 0.247 e. The Hall–Kier alpha value is -2.87. The number of anilines is 1. The van der Waals surface area contributed by atoms with E-state index in [9.17, 15) is 19.5 Å². The molecule has 2 heterocycles. The molecule has 3 rings (SSSR count). The number of hydrogen-bond acceptors (Lipinski definition) is 7. The summed E-state index contributed by atoms with van der Waals surface area (Å²) in [5, 5.41) is 10.6. The van der Waals surface area contributed by atoms with Crippen LogP contribution in [0.3, 0.4) is 0 Å². The molecule has 2 aromatic rings. The van der Waals surface area contributed by atoms with Crippen LogP contribution >= 0.6 is 11.8 Å². The Morgan fingerprint density at radius 2 is 2.08 bits per heavy atom. The number of carbonyl (C=O) groups is 3. The summed E-state index contributed by atoms with van der Waals surface area (Å²) in [6.45, 7) is 2.21.